The van der Waals surface area contributed by atoms with E-state index in [9.17, 15) is 0 Å². The molecule has 1 aromatic heterocycles. The highest BCUT2D eigenvalue weighted by Crippen LogP contribution is 2.29. The first-order valence-corrected chi connectivity index (χ1v) is 7.01. The Hall–Kier alpha value is -1.08. The molecule has 2 heteroatoms. The van der Waals surface area contributed by atoms with Gasteiger partial charge in [0.1, 0.15) is 0 Å². The van der Waals surface area contributed by atoms with E-state index in [1.54, 1.807) is 0 Å². The maximum atomic E-state index is 6.46. The van der Waals surface area contributed by atoms with Crippen molar-refractivity contribution in [1.29, 1.82) is 0 Å². The molecule has 96 valence electrons. The minimum atomic E-state index is 0.109. The smallest absolute Gasteiger partial charge is 0.0705 e. The number of benzene rings is 1. The minimum Gasteiger partial charge on any atom is -0.253 e. The lowest BCUT2D eigenvalue weighted by Gasteiger charge is -2.12. The molecule has 0 aliphatic rings. The van der Waals surface area contributed by atoms with E-state index in [0.717, 1.165) is 17.6 Å². The number of rotatable bonds is 4. The molecule has 0 radical (unpaired) electrons. The fraction of sp³-hybridized carbons (Fsp3) is 0.438. The van der Waals surface area contributed by atoms with Crippen LogP contribution >= 0.6 is 11.6 Å². The molecular formula is C16H20ClN. The summed E-state index contributed by atoms with van der Waals surface area (Å²) < 4.78 is 0. The molecule has 0 aliphatic carbocycles. The van der Waals surface area contributed by atoms with Crippen LogP contribution in [-0.2, 0) is 0 Å². The zero-order valence-corrected chi connectivity index (χ0v) is 12.0. The van der Waals surface area contributed by atoms with Gasteiger partial charge in [-0.15, -0.1) is 11.6 Å². The Kier molecular flexibility index (Phi) is 4.23. The van der Waals surface area contributed by atoms with Gasteiger partial charge in [-0.2, -0.15) is 0 Å². The topological polar surface area (TPSA) is 12.9 Å². The van der Waals surface area contributed by atoms with E-state index in [2.05, 4.69) is 43.1 Å². The number of nitrogens with zero attached hydrogens (tertiary/aromatic N) is 1. The molecule has 2 aromatic rings. The lowest BCUT2D eigenvalue weighted by atomic mass is 10.0. The lowest BCUT2D eigenvalue weighted by Crippen LogP contribution is -1.95. The molecule has 0 spiro atoms. The van der Waals surface area contributed by atoms with Crippen molar-refractivity contribution in [3.63, 3.8) is 0 Å². The van der Waals surface area contributed by atoms with Crippen LogP contribution in [0.25, 0.3) is 10.9 Å². The average molecular weight is 262 g/mol. The van der Waals surface area contributed by atoms with E-state index in [-0.39, 0.29) is 5.38 Å². The van der Waals surface area contributed by atoms with Crippen LogP contribution in [-0.4, -0.2) is 4.98 Å². The summed E-state index contributed by atoms with van der Waals surface area (Å²) in [4.78, 5) is 4.51. The summed E-state index contributed by atoms with van der Waals surface area (Å²) in [7, 11) is 0. The predicted molar refractivity (Wildman–Crippen MR) is 79.1 cm³/mol. The van der Waals surface area contributed by atoms with Gasteiger partial charge in [0.2, 0.25) is 0 Å². The first kappa shape index (κ1) is 13.4. The van der Waals surface area contributed by atoms with Crippen LogP contribution in [0, 0.1) is 12.8 Å². The van der Waals surface area contributed by atoms with Crippen LogP contribution in [0.3, 0.4) is 0 Å². The Bertz CT molecular complexity index is 534. The van der Waals surface area contributed by atoms with E-state index < -0.39 is 0 Å². The number of halogens is 1. The Morgan fingerprint density at radius 2 is 1.89 bits per heavy atom. The number of fused-ring (bicyclic) bond motifs is 1. The molecular weight excluding hydrogens is 242 g/mol. The molecule has 0 fully saturated rings. The van der Waals surface area contributed by atoms with Crippen LogP contribution in [0.2, 0.25) is 0 Å². The quantitative estimate of drug-likeness (QED) is 0.684. The summed E-state index contributed by atoms with van der Waals surface area (Å²) in [6.07, 6.45) is 2.20. The van der Waals surface area contributed by atoms with Gasteiger partial charge in [0.25, 0.3) is 0 Å². The third-order valence-corrected chi connectivity index (χ3v) is 3.68. The van der Waals surface area contributed by atoms with Gasteiger partial charge >= 0.3 is 0 Å². The zero-order valence-electron chi connectivity index (χ0n) is 11.3. The third-order valence-electron chi connectivity index (χ3n) is 3.21. The summed E-state index contributed by atoms with van der Waals surface area (Å²) in [6.45, 7) is 6.48. The van der Waals surface area contributed by atoms with Gasteiger partial charge in [0, 0.05) is 11.1 Å². The molecule has 2 rings (SSSR count). The van der Waals surface area contributed by atoms with E-state index >= 15 is 0 Å². The van der Waals surface area contributed by atoms with E-state index in [0.29, 0.717) is 5.92 Å². The number of alkyl halides is 1. The number of pyridine rings is 1. The molecule has 0 bridgehead atoms. The van der Waals surface area contributed by atoms with Gasteiger partial charge in [-0.05, 0) is 49.4 Å². The van der Waals surface area contributed by atoms with Gasteiger partial charge in [-0.25, -0.2) is 0 Å². The molecule has 1 unspecified atom stereocenters. The molecule has 1 nitrogen and oxygen atoms in total. The van der Waals surface area contributed by atoms with Crippen LogP contribution < -0.4 is 0 Å². The number of aromatic nitrogens is 1. The normalized spacial score (nSPS) is 13.2. The molecule has 18 heavy (non-hydrogen) atoms. The van der Waals surface area contributed by atoms with Crippen molar-refractivity contribution in [1.82, 2.24) is 4.98 Å². The SMILES string of the molecule is Cc1ccc2cc(C(Cl)CCC(C)C)ccc2n1. The van der Waals surface area contributed by atoms with Crippen LogP contribution in [0.5, 0.6) is 0 Å². The van der Waals surface area contributed by atoms with Crippen molar-refractivity contribution in [2.24, 2.45) is 5.92 Å². The fourth-order valence-corrected chi connectivity index (χ4v) is 2.35. The fourth-order valence-electron chi connectivity index (χ4n) is 2.09. The molecule has 1 aromatic carbocycles. The molecule has 0 N–H and O–H groups in total. The molecule has 0 aliphatic heterocycles. The van der Waals surface area contributed by atoms with Gasteiger partial charge in [-0.1, -0.05) is 26.0 Å². The molecule has 1 heterocycles. The Morgan fingerprint density at radius 3 is 2.61 bits per heavy atom. The van der Waals surface area contributed by atoms with Crippen LogP contribution in [0.15, 0.2) is 30.3 Å². The van der Waals surface area contributed by atoms with Crippen molar-refractivity contribution >= 4 is 22.5 Å². The van der Waals surface area contributed by atoms with Crippen molar-refractivity contribution in [3.05, 3.63) is 41.6 Å². The maximum absolute atomic E-state index is 6.46. The maximum Gasteiger partial charge on any atom is 0.0705 e. The second-order valence-corrected chi connectivity index (χ2v) is 5.87. The van der Waals surface area contributed by atoms with Crippen LogP contribution in [0.1, 0.15) is 43.3 Å². The van der Waals surface area contributed by atoms with Crippen molar-refractivity contribution in [2.75, 3.05) is 0 Å². The first-order valence-electron chi connectivity index (χ1n) is 6.57. The molecule has 0 saturated heterocycles. The number of aryl methyl sites for hydroxylation is 1. The third kappa shape index (κ3) is 3.23. The van der Waals surface area contributed by atoms with Gasteiger partial charge in [0.15, 0.2) is 0 Å². The number of hydrogen-bond donors (Lipinski definition) is 0. The minimum absolute atomic E-state index is 0.109. The highest BCUT2D eigenvalue weighted by molar-refractivity contribution is 6.20. The molecule has 0 saturated carbocycles. The van der Waals surface area contributed by atoms with Crippen molar-refractivity contribution in [3.8, 4) is 0 Å². The average Bonchev–Trinajstić information content (AvgIpc) is 2.35. The summed E-state index contributed by atoms with van der Waals surface area (Å²) in [5, 5.41) is 1.28. The van der Waals surface area contributed by atoms with Crippen molar-refractivity contribution < 1.29 is 0 Å². The summed E-state index contributed by atoms with van der Waals surface area (Å²) in [5.41, 5.74) is 3.31. The van der Waals surface area contributed by atoms with E-state index in [1.165, 1.54) is 17.4 Å². The number of hydrogen-bond acceptors (Lipinski definition) is 1. The highest BCUT2D eigenvalue weighted by atomic mass is 35.5. The summed E-state index contributed by atoms with van der Waals surface area (Å²) in [5.74, 6) is 0.705. The Morgan fingerprint density at radius 1 is 1.11 bits per heavy atom. The largest absolute Gasteiger partial charge is 0.253 e. The monoisotopic (exact) mass is 261 g/mol. The lowest BCUT2D eigenvalue weighted by molar-refractivity contribution is 0.549. The van der Waals surface area contributed by atoms with Gasteiger partial charge < -0.3 is 0 Å². The van der Waals surface area contributed by atoms with E-state index in [4.69, 9.17) is 11.6 Å². The Balaban J connectivity index is 2.21. The van der Waals surface area contributed by atoms with E-state index in [1.807, 2.05) is 13.0 Å². The Labute approximate surface area is 114 Å². The second-order valence-electron chi connectivity index (χ2n) is 5.34. The summed E-state index contributed by atoms with van der Waals surface area (Å²) in [6, 6.07) is 10.5. The standard InChI is InChI=1S/C16H20ClN/c1-11(2)4-8-15(17)13-7-9-16-14(10-13)6-5-12(3)18-16/h5-7,9-11,15H,4,8H2,1-3H3. The van der Waals surface area contributed by atoms with Gasteiger partial charge in [0.05, 0.1) is 10.9 Å². The highest BCUT2D eigenvalue weighted by Gasteiger charge is 2.09. The predicted octanol–water partition coefficient (Wildman–Crippen LogP) is 5.26. The first-order chi connectivity index (χ1) is 8.56. The van der Waals surface area contributed by atoms with Gasteiger partial charge in [-0.3, -0.25) is 4.98 Å². The summed E-state index contributed by atoms with van der Waals surface area (Å²) >= 11 is 6.46. The second kappa shape index (κ2) is 5.71. The van der Waals surface area contributed by atoms with Crippen LogP contribution in [0.4, 0.5) is 0 Å². The zero-order chi connectivity index (χ0) is 13.1. The van der Waals surface area contributed by atoms with Crippen molar-refractivity contribution in [2.45, 2.75) is 39.0 Å². The molecule has 0 amide bonds. The molecule has 1 atom stereocenters.